The van der Waals surface area contributed by atoms with Gasteiger partial charge in [-0.3, -0.25) is 37.3 Å². The van der Waals surface area contributed by atoms with Gasteiger partial charge in [-0.15, -0.1) is 0 Å². The first kappa shape index (κ1) is 92.5. The zero-order valence-electron chi connectivity index (χ0n) is 61.1. The number of ether oxygens (including phenoxy) is 4. The summed E-state index contributed by atoms with van der Waals surface area (Å²) in [5.74, 6) is -2.14. The molecule has 0 aromatic heterocycles. The molecule has 2 unspecified atom stereocenters. The summed E-state index contributed by atoms with van der Waals surface area (Å²) in [6.45, 7) is 4.93. The van der Waals surface area contributed by atoms with Crippen LogP contribution in [0.25, 0.3) is 0 Å². The Bertz CT molecular complexity index is 1900. The topological polar surface area (TPSA) is 237 Å². The van der Waals surface area contributed by atoms with Crippen LogP contribution in [0.15, 0.2) is 24.3 Å². The zero-order valence-corrected chi connectivity index (χ0v) is 62.9. The van der Waals surface area contributed by atoms with Gasteiger partial charge in [-0.25, -0.2) is 9.13 Å². The maximum Gasteiger partial charge on any atom is 0.472 e. The van der Waals surface area contributed by atoms with Gasteiger partial charge in [0, 0.05) is 25.7 Å². The summed E-state index contributed by atoms with van der Waals surface area (Å²) in [5.41, 5.74) is 0. The molecule has 17 nitrogen and oxygen atoms in total. The van der Waals surface area contributed by atoms with Crippen LogP contribution in [0.3, 0.4) is 0 Å². The second kappa shape index (κ2) is 70.0. The van der Waals surface area contributed by atoms with Gasteiger partial charge in [-0.05, 0) is 51.4 Å². The van der Waals surface area contributed by atoms with Crippen LogP contribution in [-0.4, -0.2) is 96.7 Å². The highest BCUT2D eigenvalue weighted by molar-refractivity contribution is 7.47. The Hall–Kier alpha value is -2.46. The van der Waals surface area contributed by atoms with E-state index < -0.39 is 97.5 Å². The first-order valence-electron chi connectivity index (χ1n) is 39.1. The van der Waals surface area contributed by atoms with Crippen LogP contribution < -0.4 is 0 Å². The molecule has 0 amide bonds. The lowest BCUT2D eigenvalue weighted by atomic mass is 10.0. The number of aliphatic hydroxyl groups is 1. The molecule has 0 rings (SSSR count). The van der Waals surface area contributed by atoms with E-state index in [1.54, 1.807) is 0 Å². The van der Waals surface area contributed by atoms with Gasteiger partial charge in [0.2, 0.25) is 0 Å². The van der Waals surface area contributed by atoms with Crippen molar-refractivity contribution in [1.29, 1.82) is 0 Å². The Morgan fingerprint density at radius 3 is 0.768 bits per heavy atom. The molecule has 0 aromatic rings. The summed E-state index contributed by atoms with van der Waals surface area (Å²) < 4.78 is 68.5. The number of aliphatic hydroxyl groups excluding tert-OH is 1. The van der Waals surface area contributed by atoms with Crippen molar-refractivity contribution in [3.8, 4) is 0 Å². The summed E-state index contributed by atoms with van der Waals surface area (Å²) >= 11 is 0. The predicted octanol–water partition coefficient (Wildman–Crippen LogP) is 22.2. The molecular weight excluding hydrogens is 1250 g/mol. The van der Waals surface area contributed by atoms with Crippen molar-refractivity contribution in [3.63, 3.8) is 0 Å². The molecule has 560 valence electrons. The lowest BCUT2D eigenvalue weighted by Crippen LogP contribution is -2.30. The Morgan fingerprint density at radius 2 is 0.505 bits per heavy atom. The number of carbonyl (C=O) groups excluding carboxylic acids is 4. The van der Waals surface area contributed by atoms with Crippen molar-refractivity contribution in [1.82, 2.24) is 0 Å². The number of unbranched alkanes of at least 4 members (excludes halogenated alkanes) is 46. The van der Waals surface area contributed by atoms with Gasteiger partial charge in [-0.1, -0.05) is 328 Å². The minimum absolute atomic E-state index is 0.0861. The predicted molar refractivity (Wildman–Crippen MR) is 386 cm³/mol. The average molecular weight is 1390 g/mol. The Kier molecular flexibility index (Phi) is 68.2. The molecule has 5 atom stereocenters. The highest BCUT2D eigenvalue weighted by Crippen LogP contribution is 2.45. The van der Waals surface area contributed by atoms with Crippen molar-refractivity contribution in [3.05, 3.63) is 24.3 Å². The van der Waals surface area contributed by atoms with Crippen molar-refractivity contribution < 1.29 is 80.2 Å². The fraction of sp³-hybridized carbons (Fsp3) is 0.895. The fourth-order valence-corrected chi connectivity index (χ4v) is 12.8. The lowest BCUT2D eigenvalue weighted by molar-refractivity contribution is -0.161. The molecule has 0 saturated carbocycles. The van der Waals surface area contributed by atoms with E-state index in [1.807, 2.05) is 0 Å². The molecule has 95 heavy (non-hydrogen) atoms. The van der Waals surface area contributed by atoms with Crippen molar-refractivity contribution >= 4 is 39.5 Å². The molecule has 0 aliphatic carbocycles. The van der Waals surface area contributed by atoms with E-state index in [0.717, 1.165) is 103 Å². The van der Waals surface area contributed by atoms with E-state index in [0.29, 0.717) is 25.7 Å². The smallest absolute Gasteiger partial charge is 0.462 e. The molecule has 0 fully saturated rings. The number of hydrogen-bond acceptors (Lipinski definition) is 15. The van der Waals surface area contributed by atoms with Crippen molar-refractivity contribution in [2.24, 2.45) is 0 Å². The summed E-state index contributed by atoms with van der Waals surface area (Å²) in [7, 11) is -9.92. The van der Waals surface area contributed by atoms with Crippen LogP contribution >= 0.6 is 15.6 Å². The van der Waals surface area contributed by atoms with E-state index in [4.69, 9.17) is 37.0 Å². The highest BCUT2D eigenvalue weighted by atomic mass is 31.2. The van der Waals surface area contributed by atoms with Crippen LogP contribution in [0.1, 0.15) is 381 Å². The van der Waals surface area contributed by atoms with Crippen LogP contribution in [0.5, 0.6) is 0 Å². The molecular formula is C76H144O17P2. The standard InChI is InChI=1S/C76H144O17P2/c1-5-9-13-17-21-25-29-33-35-38-41-45-49-53-57-61-74(79)87-67-72(93-76(81)63-59-55-51-47-43-39-36-34-30-26-22-18-14-10-6-2)69-91-95(84,85)89-65-70(77)64-88-94(82,83)90-68-71(66-86-73(78)60-56-52-48-44-40-32-28-24-20-16-12-8-4)92-75(80)62-58-54-50-46-42-37-31-27-23-19-15-11-7-3/h26,30,34,36,70-72,77H,5-25,27-29,31-33,35,37-69H2,1-4H3,(H,82,83)(H,84,85)/b30-26-,36-34-/t70-,71+,72+/m0/s1. The van der Waals surface area contributed by atoms with Gasteiger partial charge in [0.05, 0.1) is 26.4 Å². The maximum absolute atomic E-state index is 13.1. The minimum atomic E-state index is -4.96. The largest absolute Gasteiger partial charge is 0.472 e. The Balaban J connectivity index is 5.29. The van der Waals surface area contributed by atoms with Gasteiger partial charge in [0.25, 0.3) is 0 Å². The fourth-order valence-electron chi connectivity index (χ4n) is 11.2. The lowest BCUT2D eigenvalue weighted by Gasteiger charge is -2.21. The summed E-state index contributed by atoms with van der Waals surface area (Å²) in [4.78, 5) is 72.8. The monoisotopic (exact) mass is 1390 g/mol. The summed E-state index contributed by atoms with van der Waals surface area (Å²) in [6.07, 6.45) is 63.0. The number of phosphoric acid groups is 2. The SMILES string of the molecule is CCCCCC/C=C\C=C/CCCCCCCC(=O)O[C@H](COC(=O)CCCCCCCCCCCCCCCCC)COP(=O)(O)OC[C@@H](O)COP(=O)(O)OC[C@@H](COC(=O)CCCCCCCCCCCCCC)OC(=O)CCCCCCCCCCCCCCC. The van der Waals surface area contributed by atoms with Gasteiger partial charge < -0.3 is 33.8 Å². The number of hydrogen-bond donors (Lipinski definition) is 3. The number of esters is 4. The van der Waals surface area contributed by atoms with Crippen LogP contribution in [0.2, 0.25) is 0 Å². The minimum Gasteiger partial charge on any atom is -0.462 e. The van der Waals surface area contributed by atoms with Crippen LogP contribution in [0.4, 0.5) is 0 Å². The summed E-state index contributed by atoms with van der Waals surface area (Å²) in [5, 5.41) is 10.6. The molecule has 0 heterocycles. The summed E-state index contributed by atoms with van der Waals surface area (Å²) in [6, 6.07) is 0. The number of phosphoric ester groups is 2. The number of allylic oxidation sites excluding steroid dienone is 4. The van der Waals surface area contributed by atoms with Crippen molar-refractivity contribution in [2.45, 2.75) is 399 Å². The zero-order chi connectivity index (χ0) is 69.7. The normalized spacial score (nSPS) is 14.1. The third-order valence-electron chi connectivity index (χ3n) is 17.2. The molecule has 0 bridgehead atoms. The highest BCUT2D eigenvalue weighted by Gasteiger charge is 2.30. The first-order valence-corrected chi connectivity index (χ1v) is 42.1. The molecule has 0 spiro atoms. The molecule has 0 aromatic carbocycles. The molecule has 19 heteroatoms. The Morgan fingerprint density at radius 1 is 0.295 bits per heavy atom. The third-order valence-corrected chi connectivity index (χ3v) is 19.1. The Labute approximate surface area is 580 Å². The second-order valence-corrected chi connectivity index (χ2v) is 29.6. The van der Waals surface area contributed by atoms with Crippen LogP contribution in [-0.2, 0) is 65.4 Å². The van der Waals surface area contributed by atoms with E-state index in [9.17, 15) is 43.2 Å². The molecule has 0 aliphatic rings. The van der Waals surface area contributed by atoms with E-state index in [2.05, 4.69) is 52.0 Å². The van der Waals surface area contributed by atoms with Gasteiger partial charge >= 0.3 is 39.5 Å². The number of carbonyl (C=O) groups is 4. The van der Waals surface area contributed by atoms with Gasteiger partial charge in [0.15, 0.2) is 12.2 Å². The van der Waals surface area contributed by atoms with E-state index in [-0.39, 0.29) is 25.7 Å². The van der Waals surface area contributed by atoms with Crippen molar-refractivity contribution in [2.75, 3.05) is 39.6 Å². The quantitative estimate of drug-likeness (QED) is 0.0169. The van der Waals surface area contributed by atoms with Gasteiger partial charge in [-0.2, -0.15) is 0 Å². The first-order chi connectivity index (χ1) is 46.2. The maximum atomic E-state index is 13.1. The van der Waals surface area contributed by atoms with E-state index in [1.165, 1.54) is 199 Å². The van der Waals surface area contributed by atoms with Crippen LogP contribution in [0, 0.1) is 0 Å². The second-order valence-electron chi connectivity index (χ2n) is 26.7. The molecule has 0 radical (unpaired) electrons. The van der Waals surface area contributed by atoms with Gasteiger partial charge in [0.1, 0.15) is 19.3 Å². The van der Waals surface area contributed by atoms with E-state index >= 15 is 0 Å². The molecule has 0 aliphatic heterocycles. The molecule has 3 N–H and O–H groups in total. The third kappa shape index (κ3) is 69.8. The molecule has 0 saturated heterocycles. The average Bonchev–Trinajstić information content (AvgIpc) is 1.67. The number of rotatable bonds is 75.